The Hall–Kier alpha value is -1.51. The van der Waals surface area contributed by atoms with E-state index in [0.29, 0.717) is 11.6 Å². The largest absolute Gasteiger partial charge is 0.457 e. The van der Waals surface area contributed by atoms with E-state index in [9.17, 15) is 0 Å². The molecule has 0 bridgehead atoms. The molecule has 0 radical (unpaired) electrons. The van der Waals surface area contributed by atoms with Crippen molar-refractivity contribution >= 4 is 11.6 Å². The molecular formula is C17H18ClNO. The molecule has 20 heavy (non-hydrogen) atoms. The van der Waals surface area contributed by atoms with Crippen LogP contribution in [0, 0.1) is 0 Å². The van der Waals surface area contributed by atoms with E-state index in [2.05, 4.69) is 12.1 Å². The van der Waals surface area contributed by atoms with Gasteiger partial charge in [-0.2, -0.15) is 0 Å². The summed E-state index contributed by atoms with van der Waals surface area (Å²) >= 11 is 6.03. The van der Waals surface area contributed by atoms with Crippen LogP contribution in [-0.4, -0.2) is 0 Å². The Morgan fingerprint density at radius 2 is 1.80 bits per heavy atom. The zero-order valence-electron chi connectivity index (χ0n) is 11.4. The third-order valence-corrected chi connectivity index (χ3v) is 4.03. The van der Waals surface area contributed by atoms with Gasteiger partial charge >= 0.3 is 0 Å². The highest BCUT2D eigenvalue weighted by Gasteiger charge is 2.11. The number of aryl methyl sites for hydroxylation is 2. The standard InChI is InChI=1S/C17H18ClNO/c18-15-7-5-14(11-19)17(10-15)20-16-8-6-12-3-1-2-4-13(12)9-16/h5-10H,1-4,11,19H2. The molecule has 0 fully saturated rings. The lowest BCUT2D eigenvalue weighted by atomic mass is 9.92. The van der Waals surface area contributed by atoms with Gasteiger partial charge in [-0.3, -0.25) is 0 Å². The van der Waals surface area contributed by atoms with Gasteiger partial charge in [-0.15, -0.1) is 0 Å². The predicted molar refractivity (Wildman–Crippen MR) is 82.5 cm³/mol. The summed E-state index contributed by atoms with van der Waals surface area (Å²) in [5.74, 6) is 1.61. The van der Waals surface area contributed by atoms with Gasteiger partial charge in [0.15, 0.2) is 0 Å². The van der Waals surface area contributed by atoms with Crippen molar-refractivity contribution in [1.82, 2.24) is 0 Å². The molecule has 0 heterocycles. The highest BCUT2D eigenvalue weighted by Crippen LogP contribution is 2.31. The minimum absolute atomic E-state index is 0.442. The molecule has 2 aromatic rings. The zero-order chi connectivity index (χ0) is 13.9. The zero-order valence-corrected chi connectivity index (χ0v) is 12.1. The van der Waals surface area contributed by atoms with Crippen LogP contribution in [0.25, 0.3) is 0 Å². The van der Waals surface area contributed by atoms with Gasteiger partial charge in [-0.1, -0.05) is 23.7 Å². The Morgan fingerprint density at radius 1 is 1.00 bits per heavy atom. The molecule has 0 aromatic heterocycles. The van der Waals surface area contributed by atoms with Gasteiger partial charge in [0.05, 0.1) is 0 Å². The molecule has 104 valence electrons. The number of rotatable bonds is 3. The fourth-order valence-corrected chi connectivity index (χ4v) is 2.85. The summed E-state index contributed by atoms with van der Waals surface area (Å²) < 4.78 is 5.98. The molecule has 0 aliphatic heterocycles. The average molecular weight is 288 g/mol. The quantitative estimate of drug-likeness (QED) is 0.904. The van der Waals surface area contributed by atoms with Crippen molar-refractivity contribution in [2.45, 2.75) is 32.2 Å². The first kappa shape index (κ1) is 13.5. The fraction of sp³-hybridized carbons (Fsp3) is 0.294. The molecule has 1 aliphatic rings. The highest BCUT2D eigenvalue weighted by atomic mass is 35.5. The Bertz CT molecular complexity index is 624. The van der Waals surface area contributed by atoms with E-state index in [1.165, 1.54) is 30.4 Å². The number of fused-ring (bicyclic) bond motifs is 1. The summed E-state index contributed by atoms with van der Waals surface area (Å²) in [7, 11) is 0. The van der Waals surface area contributed by atoms with Crippen LogP contribution in [0.2, 0.25) is 5.02 Å². The van der Waals surface area contributed by atoms with Crippen LogP contribution >= 0.6 is 11.6 Å². The molecule has 1 aliphatic carbocycles. The molecule has 0 spiro atoms. The first-order chi connectivity index (χ1) is 9.76. The number of hydrogen-bond acceptors (Lipinski definition) is 2. The maximum Gasteiger partial charge on any atom is 0.133 e. The molecule has 2 nitrogen and oxygen atoms in total. The van der Waals surface area contributed by atoms with Gasteiger partial charge in [0.1, 0.15) is 11.5 Å². The van der Waals surface area contributed by atoms with Crippen LogP contribution in [0.4, 0.5) is 0 Å². The second kappa shape index (κ2) is 5.86. The van der Waals surface area contributed by atoms with Crippen LogP contribution in [0.15, 0.2) is 36.4 Å². The molecule has 2 N–H and O–H groups in total. The molecule has 3 rings (SSSR count). The first-order valence-corrected chi connectivity index (χ1v) is 7.42. The number of halogens is 1. The van der Waals surface area contributed by atoms with Crippen molar-refractivity contribution in [2.75, 3.05) is 0 Å². The van der Waals surface area contributed by atoms with Gasteiger partial charge in [0.2, 0.25) is 0 Å². The molecule has 3 heteroatoms. The van der Waals surface area contributed by atoms with Gasteiger partial charge in [-0.05, 0) is 61.1 Å². The Balaban J connectivity index is 1.89. The summed E-state index contributed by atoms with van der Waals surface area (Å²) in [6, 6.07) is 11.9. The lowest BCUT2D eigenvalue weighted by molar-refractivity contribution is 0.474. The Kier molecular flexibility index (Phi) is 3.95. The number of nitrogens with two attached hydrogens (primary N) is 1. The summed E-state index contributed by atoms with van der Waals surface area (Å²) in [6.07, 6.45) is 4.88. The molecule has 0 amide bonds. The monoisotopic (exact) mass is 287 g/mol. The van der Waals surface area contributed by atoms with E-state index >= 15 is 0 Å². The second-order valence-corrected chi connectivity index (χ2v) is 5.63. The van der Waals surface area contributed by atoms with E-state index in [0.717, 1.165) is 23.5 Å². The van der Waals surface area contributed by atoms with Crippen molar-refractivity contribution in [3.05, 3.63) is 58.1 Å². The molecule has 2 aromatic carbocycles. The van der Waals surface area contributed by atoms with Gasteiger partial charge in [0, 0.05) is 17.1 Å². The van der Waals surface area contributed by atoms with Crippen molar-refractivity contribution in [1.29, 1.82) is 0 Å². The maximum absolute atomic E-state index is 6.03. The van der Waals surface area contributed by atoms with Gasteiger partial charge in [0.25, 0.3) is 0 Å². The van der Waals surface area contributed by atoms with Crippen molar-refractivity contribution < 1.29 is 4.74 Å². The van der Waals surface area contributed by atoms with Gasteiger partial charge in [-0.25, -0.2) is 0 Å². The fourth-order valence-electron chi connectivity index (χ4n) is 2.69. The molecule has 0 saturated carbocycles. The summed E-state index contributed by atoms with van der Waals surface area (Å²) in [6.45, 7) is 0.442. The van der Waals surface area contributed by atoms with Crippen LogP contribution in [0.1, 0.15) is 29.5 Å². The lowest BCUT2D eigenvalue weighted by Gasteiger charge is -2.17. The Morgan fingerprint density at radius 3 is 2.60 bits per heavy atom. The number of hydrogen-bond donors (Lipinski definition) is 1. The lowest BCUT2D eigenvalue weighted by Crippen LogP contribution is -2.03. The van der Waals surface area contributed by atoms with Crippen LogP contribution < -0.4 is 10.5 Å². The third-order valence-electron chi connectivity index (χ3n) is 3.80. The van der Waals surface area contributed by atoms with E-state index in [4.69, 9.17) is 22.1 Å². The van der Waals surface area contributed by atoms with Crippen LogP contribution in [-0.2, 0) is 19.4 Å². The molecular weight excluding hydrogens is 270 g/mol. The van der Waals surface area contributed by atoms with Crippen molar-refractivity contribution in [3.63, 3.8) is 0 Å². The van der Waals surface area contributed by atoms with E-state index in [1.54, 1.807) is 0 Å². The SMILES string of the molecule is NCc1ccc(Cl)cc1Oc1ccc2c(c1)CCCC2. The Labute approximate surface area is 124 Å². The van der Waals surface area contributed by atoms with Crippen molar-refractivity contribution in [3.8, 4) is 11.5 Å². The molecule has 0 atom stereocenters. The van der Waals surface area contributed by atoms with Gasteiger partial charge < -0.3 is 10.5 Å². The average Bonchev–Trinajstić information content (AvgIpc) is 2.47. The van der Waals surface area contributed by atoms with Crippen LogP contribution in [0.3, 0.4) is 0 Å². The smallest absolute Gasteiger partial charge is 0.133 e. The predicted octanol–water partition coefficient (Wildman–Crippen LogP) is 4.47. The maximum atomic E-state index is 6.03. The number of benzene rings is 2. The molecule has 0 unspecified atom stereocenters. The minimum atomic E-state index is 0.442. The summed E-state index contributed by atoms with van der Waals surface area (Å²) in [4.78, 5) is 0. The summed E-state index contributed by atoms with van der Waals surface area (Å²) in [5.41, 5.74) is 9.57. The van der Waals surface area contributed by atoms with Crippen molar-refractivity contribution in [2.24, 2.45) is 5.73 Å². The number of ether oxygens (including phenoxy) is 1. The van der Waals surface area contributed by atoms with E-state index in [1.807, 2.05) is 24.3 Å². The second-order valence-electron chi connectivity index (χ2n) is 5.20. The first-order valence-electron chi connectivity index (χ1n) is 7.04. The summed E-state index contributed by atoms with van der Waals surface area (Å²) in [5, 5.41) is 0.662. The topological polar surface area (TPSA) is 35.2 Å². The third kappa shape index (κ3) is 2.82. The normalized spacial score (nSPS) is 13.9. The minimum Gasteiger partial charge on any atom is -0.457 e. The highest BCUT2D eigenvalue weighted by molar-refractivity contribution is 6.30. The van der Waals surface area contributed by atoms with E-state index < -0.39 is 0 Å². The van der Waals surface area contributed by atoms with Crippen LogP contribution in [0.5, 0.6) is 11.5 Å². The molecule has 0 saturated heterocycles. The van der Waals surface area contributed by atoms with E-state index in [-0.39, 0.29) is 0 Å².